The van der Waals surface area contributed by atoms with Gasteiger partial charge in [-0.25, -0.2) is 0 Å². The van der Waals surface area contributed by atoms with Gasteiger partial charge in [0.1, 0.15) is 11.5 Å². The third-order valence-corrected chi connectivity index (χ3v) is 5.55. The van der Waals surface area contributed by atoms with Crippen molar-refractivity contribution in [1.82, 2.24) is 4.90 Å². The summed E-state index contributed by atoms with van der Waals surface area (Å²) in [5.74, 6) is 1.80. The van der Waals surface area contributed by atoms with Gasteiger partial charge in [0.05, 0.1) is 26.5 Å². The number of carbonyl (C=O) groups is 2. The molecule has 0 unspecified atom stereocenters. The van der Waals surface area contributed by atoms with Gasteiger partial charge in [-0.05, 0) is 74.2 Å². The molecule has 31 heavy (non-hydrogen) atoms. The second kappa shape index (κ2) is 10.8. The Morgan fingerprint density at radius 3 is 2.32 bits per heavy atom. The molecule has 1 fully saturated rings. The van der Waals surface area contributed by atoms with Crippen LogP contribution in [0.2, 0.25) is 0 Å². The van der Waals surface area contributed by atoms with Gasteiger partial charge in [0.2, 0.25) is 11.8 Å². The molecule has 1 heterocycles. The summed E-state index contributed by atoms with van der Waals surface area (Å²) in [5.41, 5.74) is 2.49. The zero-order chi connectivity index (χ0) is 22.2. The number of carbonyl (C=O) groups excluding carboxylic acids is 2. The first-order chi connectivity index (χ1) is 15.0. The van der Waals surface area contributed by atoms with Crippen molar-refractivity contribution >= 4 is 23.2 Å². The van der Waals surface area contributed by atoms with Crippen LogP contribution in [0.1, 0.15) is 25.3 Å². The Kier molecular flexibility index (Phi) is 7.89. The zero-order valence-electron chi connectivity index (χ0n) is 18.4. The van der Waals surface area contributed by atoms with E-state index < -0.39 is 0 Å². The number of methoxy groups -OCH3 is 2. The Hall–Kier alpha value is -3.06. The number of anilines is 2. The topological polar surface area (TPSA) is 79.9 Å². The third-order valence-electron chi connectivity index (χ3n) is 5.55. The molecule has 1 aliphatic heterocycles. The quantitative estimate of drug-likeness (QED) is 0.676. The smallest absolute Gasteiger partial charge is 0.238 e. The first-order valence-electron chi connectivity index (χ1n) is 10.6. The summed E-state index contributed by atoms with van der Waals surface area (Å²) in [4.78, 5) is 26.1. The molecule has 7 heteroatoms. The summed E-state index contributed by atoms with van der Waals surface area (Å²) >= 11 is 0. The van der Waals surface area contributed by atoms with Crippen LogP contribution in [-0.2, 0) is 16.0 Å². The number of ether oxygens (including phenoxy) is 2. The molecular weight excluding hydrogens is 394 g/mol. The summed E-state index contributed by atoms with van der Waals surface area (Å²) in [7, 11) is 3.23. The maximum Gasteiger partial charge on any atom is 0.238 e. The van der Waals surface area contributed by atoms with Gasteiger partial charge in [0.15, 0.2) is 0 Å². The number of hydrogen-bond acceptors (Lipinski definition) is 5. The molecule has 0 bridgehead atoms. The fourth-order valence-electron chi connectivity index (χ4n) is 3.92. The Morgan fingerprint density at radius 1 is 1.00 bits per heavy atom. The van der Waals surface area contributed by atoms with Crippen molar-refractivity contribution in [2.24, 2.45) is 5.92 Å². The summed E-state index contributed by atoms with van der Waals surface area (Å²) in [5, 5.41) is 5.63. The number of likely N-dealkylation sites (tertiary alicyclic amines) is 1. The zero-order valence-corrected chi connectivity index (χ0v) is 18.4. The average Bonchev–Trinajstić information content (AvgIpc) is 2.75. The minimum Gasteiger partial charge on any atom is -0.497 e. The van der Waals surface area contributed by atoms with E-state index in [1.165, 1.54) is 12.5 Å². The lowest BCUT2D eigenvalue weighted by Crippen LogP contribution is -2.39. The van der Waals surface area contributed by atoms with Crippen LogP contribution in [0.4, 0.5) is 11.4 Å². The van der Waals surface area contributed by atoms with Crippen molar-refractivity contribution in [3.05, 3.63) is 48.0 Å². The van der Waals surface area contributed by atoms with Crippen molar-refractivity contribution in [3.63, 3.8) is 0 Å². The lowest BCUT2D eigenvalue weighted by molar-refractivity contribution is -0.117. The maximum atomic E-state index is 12.6. The molecule has 0 saturated carbocycles. The molecule has 7 nitrogen and oxygen atoms in total. The van der Waals surface area contributed by atoms with E-state index in [9.17, 15) is 9.59 Å². The lowest BCUT2D eigenvalue weighted by Gasteiger charge is -2.31. The molecule has 2 aromatic carbocycles. The van der Waals surface area contributed by atoms with Crippen LogP contribution >= 0.6 is 0 Å². The number of amides is 2. The van der Waals surface area contributed by atoms with Crippen molar-refractivity contribution < 1.29 is 19.1 Å². The van der Waals surface area contributed by atoms with Gasteiger partial charge in [0.25, 0.3) is 0 Å². The third kappa shape index (κ3) is 6.72. The summed E-state index contributed by atoms with van der Waals surface area (Å²) < 4.78 is 10.6. The second-order valence-electron chi connectivity index (χ2n) is 7.92. The molecule has 0 aromatic heterocycles. The van der Waals surface area contributed by atoms with E-state index >= 15 is 0 Å². The summed E-state index contributed by atoms with van der Waals surface area (Å²) in [6, 6.07) is 13.4. The number of nitrogens with zero attached hydrogens (tertiary/aromatic N) is 1. The highest BCUT2D eigenvalue weighted by molar-refractivity contribution is 5.95. The van der Waals surface area contributed by atoms with E-state index in [4.69, 9.17) is 9.47 Å². The van der Waals surface area contributed by atoms with E-state index in [1.54, 1.807) is 32.4 Å². The van der Waals surface area contributed by atoms with Gasteiger partial charge in [-0.1, -0.05) is 12.1 Å². The number of hydrogen-bond donors (Lipinski definition) is 2. The first-order valence-corrected chi connectivity index (χ1v) is 10.6. The van der Waals surface area contributed by atoms with Crippen LogP contribution in [0.3, 0.4) is 0 Å². The molecule has 166 valence electrons. The highest BCUT2D eigenvalue weighted by Crippen LogP contribution is 2.28. The van der Waals surface area contributed by atoms with Crippen LogP contribution < -0.4 is 20.1 Å². The normalized spacial score (nSPS) is 14.7. The van der Waals surface area contributed by atoms with Crippen LogP contribution in [0.5, 0.6) is 11.5 Å². The molecule has 0 spiro atoms. The maximum absolute atomic E-state index is 12.6. The van der Waals surface area contributed by atoms with Crippen LogP contribution in [-0.4, -0.2) is 50.6 Å². The second-order valence-corrected chi connectivity index (χ2v) is 7.92. The fourth-order valence-corrected chi connectivity index (χ4v) is 3.92. The van der Waals surface area contributed by atoms with Crippen molar-refractivity contribution in [2.75, 3.05) is 44.5 Å². The Balaban J connectivity index is 1.49. The minimum absolute atomic E-state index is 0.0909. The monoisotopic (exact) mass is 425 g/mol. The van der Waals surface area contributed by atoms with Gasteiger partial charge in [-0.2, -0.15) is 0 Å². The van der Waals surface area contributed by atoms with Crippen molar-refractivity contribution in [2.45, 2.75) is 26.2 Å². The number of piperidine rings is 1. The number of nitrogens with one attached hydrogen (secondary N) is 2. The fraction of sp³-hybridized carbons (Fsp3) is 0.417. The van der Waals surface area contributed by atoms with E-state index in [0.29, 0.717) is 29.6 Å². The van der Waals surface area contributed by atoms with Gasteiger partial charge < -0.3 is 20.1 Å². The van der Waals surface area contributed by atoms with Crippen molar-refractivity contribution in [3.8, 4) is 11.5 Å². The van der Waals surface area contributed by atoms with Gasteiger partial charge in [-0.3, -0.25) is 14.5 Å². The van der Waals surface area contributed by atoms with E-state index in [2.05, 4.69) is 27.7 Å². The molecule has 0 atom stereocenters. The molecule has 0 aliphatic carbocycles. The molecule has 2 aromatic rings. The predicted octanol–water partition coefficient (Wildman–Crippen LogP) is 3.56. The van der Waals surface area contributed by atoms with Crippen LogP contribution in [0.25, 0.3) is 0 Å². The summed E-state index contributed by atoms with van der Waals surface area (Å²) in [6.45, 7) is 3.58. The molecule has 2 amide bonds. The number of rotatable bonds is 8. The average molecular weight is 426 g/mol. The van der Waals surface area contributed by atoms with E-state index in [0.717, 1.165) is 38.1 Å². The molecule has 2 N–H and O–H groups in total. The SMILES string of the molecule is COc1ccc(CC2CCN(CC(=O)Nc3cc(NC(C)=O)ccc3OC)CC2)cc1. The van der Waals surface area contributed by atoms with E-state index in [-0.39, 0.29) is 11.8 Å². The Labute approximate surface area is 183 Å². The summed E-state index contributed by atoms with van der Waals surface area (Å²) in [6.07, 6.45) is 3.19. The molecule has 3 rings (SSSR count). The van der Waals surface area contributed by atoms with E-state index in [1.807, 2.05) is 12.1 Å². The van der Waals surface area contributed by atoms with Crippen molar-refractivity contribution in [1.29, 1.82) is 0 Å². The van der Waals surface area contributed by atoms with Crippen LogP contribution in [0, 0.1) is 5.92 Å². The molecule has 0 radical (unpaired) electrons. The molecule has 1 aliphatic rings. The van der Waals surface area contributed by atoms with Gasteiger partial charge in [0, 0.05) is 12.6 Å². The highest BCUT2D eigenvalue weighted by Gasteiger charge is 2.21. The van der Waals surface area contributed by atoms with Gasteiger partial charge in [-0.15, -0.1) is 0 Å². The Bertz CT molecular complexity index is 890. The largest absolute Gasteiger partial charge is 0.497 e. The minimum atomic E-state index is -0.167. The predicted molar refractivity (Wildman–Crippen MR) is 122 cm³/mol. The number of benzene rings is 2. The molecular formula is C24H31N3O4. The first kappa shape index (κ1) is 22.6. The Morgan fingerprint density at radius 2 is 1.71 bits per heavy atom. The van der Waals surface area contributed by atoms with Crippen LogP contribution in [0.15, 0.2) is 42.5 Å². The molecule has 1 saturated heterocycles. The standard InChI is InChI=1S/C24H31N3O4/c1-17(28)25-20-6-9-23(31-3)22(15-20)26-24(29)16-27-12-10-19(11-13-27)14-18-4-7-21(30-2)8-5-18/h4-9,15,19H,10-14,16H2,1-3H3,(H,25,28)(H,26,29). The highest BCUT2D eigenvalue weighted by atomic mass is 16.5. The lowest BCUT2D eigenvalue weighted by atomic mass is 9.90. The van der Waals surface area contributed by atoms with Gasteiger partial charge >= 0.3 is 0 Å².